The number of aryl methyl sites for hydroxylation is 1. The quantitative estimate of drug-likeness (QED) is 0.775. The maximum Gasteiger partial charge on any atom is 0.133 e. The maximum absolute atomic E-state index is 6.01. The number of ether oxygens (including phenoxy) is 1. The number of hydrogen-bond acceptors (Lipinski definition) is 2. The molecule has 2 rings (SSSR count). The fourth-order valence-corrected chi connectivity index (χ4v) is 2.63. The van der Waals surface area contributed by atoms with Gasteiger partial charge in [-0.05, 0) is 49.7 Å². The van der Waals surface area contributed by atoms with Crippen LogP contribution in [0.3, 0.4) is 0 Å². The summed E-state index contributed by atoms with van der Waals surface area (Å²) in [5.41, 5.74) is 8.04. The van der Waals surface area contributed by atoms with Crippen molar-refractivity contribution in [3.63, 3.8) is 0 Å². The van der Waals surface area contributed by atoms with Crippen LogP contribution in [-0.4, -0.2) is 0 Å². The van der Waals surface area contributed by atoms with Gasteiger partial charge in [0.1, 0.15) is 11.5 Å². The second-order valence-electron chi connectivity index (χ2n) is 4.48. The van der Waals surface area contributed by atoms with Crippen LogP contribution in [0.5, 0.6) is 11.5 Å². The molecule has 0 heterocycles. The normalized spacial score (nSPS) is 12.3. The van der Waals surface area contributed by atoms with Gasteiger partial charge in [-0.1, -0.05) is 37.9 Å². The molecule has 0 aliphatic heterocycles. The first-order valence-corrected chi connectivity index (χ1v) is 7.55. The summed E-state index contributed by atoms with van der Waals surface area (Å²) in [4.78, 5) is 0. The number of hydrogen-bond donors (Lipinski definition) is 1. The van der Waals surface area contributed by atoms with E-state index >= 15 is 0 Å². The standard InChI is InChI=1S/C15H15Br2NO/c1-9-7-11(16)4-6-14(9)19-15-8-12(17)3-5-13(15)10(2)18/h3-8,10H,18H2,1-2H3. The van der Waals surface area contributed by atoms with Crippen LogP contribution in [0.25, 0.3) is 0 Å². The average Bonchev–Trinajstić information content (AvgIpc) is 2.32. The van der Waals surface area contributed by atoms with Crippen LogP contribution in [0.15, 0.2) is 45.3 Å². The van der Waals surface area contributed by atoms with E-state index in [9.17, 15) is 0 Å². The lowest BCUT2D eigenvalue weighted by Crippen LogP contribution is -2.06. The molecule has 0 fully saturated rings. The Bertz CT molecular complexity index is 597. The zero-order chi connectivity index (χ0) is 14.0. The van der Waals surface area contributed by atoms with Crippen molar-refractivity contribution in [2.45, 2.75) is 19.9 Å². The minimum atomic E-state index is -0.0705. The molecule has 0 saturated heterocycles. The van der Waals surface area contributed by atoms with Gasteiger partial charge in [-0.2, -0.15) is 0 Å². The molecule has 0 radical (unpaired) electrons. The highest BCUT2D eigenvalue weighted by Crippen LogP contribution is 2.33. The molecule has 0 aliphatic rings. The Morgan fingerprint density at radius 2 is 1.63 bits per heavy atom. The predicted molar refractivity (Wildman–Crippen MR) is 85.7 cm³/mol. The summed E-state index contributed by atoms with van der Waals surface area (Å²) in [6.45, 7) is 3.97. The molecule has 19 heavy (non-hydrogen) atoms. The molecule has 1 unspecified atom stereocenters. The summed E-state index contributed by atoms with van der Waals surface area (Å²) < 4.78 is 8.02. The van der Waals surface area contributed by atoms with E-state index in [-0.39, 0.29) is 6.04 Å². The van der Waals surface area contributed by atoms with Gasteiger partial charge in [0.05, 0.1) is 0 Å². The summed E-state index contributed by atoms with van der Waals surface area (Å²) in [5, 5.41) is 0. The molecule has 0 bridgehead atoms. The van der Waals surface area contributed by atoms with Crippen LogP contribution in [0.2, 0.25) is 0 Å². The van der Waals surface area contributed by atoms with Crippen molar-refractivity contribution in [1.82, 2.24) is 0 Å². The van der Waals surface area contributed by atoms with Gasteiger partial charge in [0.2, 0.25) is 0 Å². The first kappa shape index (κ1) is 14.6. The van der Waals surface area contributed by atoms with Gasteiger partial charge in [-0.25, -0.2) is 0 Å². The van der Waals surface area contributed by atoms with E-state index < -0.39 is 0 Å². The second-order valence-corrected chi connectivity index (χ2v) is 6.31. The third kappa shape index (κ3) is 3.59. The van der Waals surface area contributed by atoms with Gasteiger partial charge >= 0.3 is 0 Å². The molecule has 100 valence electrons. The van der Waals surface area contributed by atoms with Crippen molar-refractivity contribution < 1.29 is 4.74 Å². The molecule has 2 nitrogen and oxygen atoms in total. The predicted octanol–water partition coefficient (Wildman–Crippen LogP) is 5.33. The summed E-state index contributed by atoms with van der Waals surface area (Å²) in [6, 6.07) is 11.8. The maximum atomic E-state index is 6.01. The van der Waals surface area contributed by atoms with Gasteiger partial charge in [-0.3, -0.25) is 0 Å². The molecule has 0 aromatic heterocycles. The molecule has 0 aliphatic carbocycles. The highest BCUT2D eigenvalue weighted by molar-refractivity contribution is 9.10. The molecular formula is C15H15Br2NO. The zero-order valence-electron chi connectivity index (χ0n) is 10.8. The van der Waals surface area contributed by atoms with Crippen molar-refractivity contribution in [3.05, 3.63) is 56.5 Å². The Balaban J connectivity index is 2.39. The van der Waals surface area contributed by atoms with E-state index in [2.05, 4.69) is 31.9 Å². The fourth-order valence-electron chi connectivity index (χ4n) is 1.82. The summed E-state index contributed by atoms with van der Waals surface area (Å²) in [7, 11) is 0. The van der Waals surface area contributed by atoms with Crippen LogP contribution in [-0.2, 0) is 0 Å². The van der Waals surface area contributed by atoms with Gasteiger partial charge in [0, 0.05) is 20.6 Å². The SMILES string of the molecule is Cc1cc(Br)ccc1Oc1cc(Br)ccc1C(C)N. The minimum Gasteiger partial charge on any atom is -0.457 e. The van der Waals surface area contributed by atoms with Crippen molar-refractivity contribution in [2.24, 2.45) is 5.73 Å². The molecule has 2 aromatic rings. The zero-order valence-corrected chi connectivity index (χ0v) is 14.0. The third-order valence-electron chi connectivity index (χ3n) is 2.82. The van der Waals surface area contributed by atoms with E-state index in [0.29, 0.717) is 0 Å². The van der Waals surface area contributed by atoms with Crippen molar-refractivity contribution in [3.8, 4) is 11.5 Å². The Morgan fingerprint density at radius 1 is 1.00 bits per heavy atom. The molecule has 2 aromatic carbocycles. The fraction of sp³-hybridized carbons (Fsp3) is 0.200. The number of halogens is 2. The smallest absolute Gasteiger partial charge is 0.133 e. The Labute approximate surface area is 130 Å². The first-order valence-electron chi connectivity index (χ1n) is 5.96. The summed E-state index contributed by atoms with van der Waals surface area (Å²) in [5.74, 6) is 1.62. The lowest BCUT2D eigenvalue weighted by molar-refractivity contribution is 0.468. The van der Waals surface area contributed by atoms with Crippen molar-refractivity contribution in [2.75, 3.05) is 0 Å². The van der Waals surface area contributed by atoms with Gasteiger partial charge < -0.3 is 10.5 Å². The van der Waals surface area contributed by atoms with Crippen LogP contribution < -0.4 is 10.5 Å². The molecule has 0 amide bonds. The monoisotopic (exact) mass is 383 g/mol. The lowest BCUT2D eigenvalue weighted by atomic mass is 10.1. The highest BCUT2D eigenvalue weighted by Gasteiger charge is 2.11. The second kappa shape index (κ2) is 6.07. The number of rotatable bonds is 3. The lowest BCUT2D eigenvalue weighted by Gasteiger charge is -2.15. The van der Waals surface area contributed by atoms with Gasteiger partial charge in [0.15, 0.2) is 0 Å². The molecule has 1 atom stereocenters. The van der Waals surface area contributed by atoms with Crippen LogP contribution in [0.4, 0.5) is 0 Å². The Kier molecular flexibility index (Phi) is 4.66. The van der Waals surface area contributed by atoms with Crippen molar-refractivity contribution in [1.29, 1.82) is 0 Å². The summed E-state index contributed by atoms with van der Waals surface area (Å²) >= 11 is 6.91. The van der Waals surface area contributed by atoms with E-state index in [1.165, 1.54) is 0 Å². The molecule has 4 heteroatoms. The topological polar surface area (TPSA) is 35.2 Å². The average molecular weight is 385 g/mol. The molecular weight excluding hydrogens is 370 g/mol. The highest BCUT2D eigenvalue weighted by atomic mass is 79.9. The molecule has 0 spiro atoms. The van der Waals surface area contributed by atoms with Crippen LogP contribution >= 0.6 is 31.9 Å². The third-order valence-corrected chi connectivity index (χ3v) is 3.81. The number of benzene rings is 2. The van der Waals surface area contributed by atoms with E-state index in [0.717, 1.165) is 31.6 Å². The van der Waals surface area contributed by atoms with Crippen molar-refractivity contribution >= 4 is 31.9 Å². The van der Waals surface area contributed by atoms with Crippen LogP contribution in [0, 0.1) is 6.92 Å². The molecule has 0 saturated carbocycles. The minimum absolute atomic E-state index is 0.0705. The largest absolute Gasteiger partial charge is 0.457 e. The summed E-state index contributed by atoms with van der Waals surface area (Å²) in [6.07, 6.45) is 0. The Morgan fingerprint density at radius 3 is 2.26 bits per heavy atom. The van der Waals surface area contributed by atoms with E-state index in [1.54, 1.807) is 0 Å². The number of nitrogens with two attached hydrogens (primary N) is 1. The first-order chi connectivity index (χ1) is 8.97. The van der Waals surface area contributed by atoms with Gasteiger partial charge in [-0.15, -0.1) is 0 Å². The molecule has 2 N–H and O–H groups in total. The van der Waals surface area contributed by atoms with E-state index in [4.69, 9.17) is 10.5 Å². The Hall–Kier alpha value is -0.840. The van der Waals surface area contributed by atoms with Gasteiger partial charge in [0.25, 0.3) is 0 Å². The van der Waals surface area contributed by atoms with E-state index in [1.807, 2.05) is 50.2 Å². The van der Waals surface area contributed by atoms with Crippen LogP contribution in [0.1, 0.15) is 24.1 Å².